The molecule has 1 atom stereocenters. The fourth-order valence-corrected chi connectivity index (χ4v) is 3.81. The molecule has 2 saturated heterocycles. The number of hydrogen-bond acceptors (Lipinski definition) is 7. The molecule has 9 nitrogen and oxygen atoms in total. The van der Waals surface area contributed by atoms with E-state index in [0.717, 1.165) is 12.8 Å². The minimum absolute atomic E-state index is 0.125. The van der Waals surface area contributed by atoms with Crippen molar-refractivity contribution in [2.75, 3.05) is 33.4 Å². The molecule has 0 bridgehead atoms. The van der Waals surface area contributed by atoms with Crippen molar-refractivity contribution in [2.45, 2.75) is 19.1 Å². The summed E-state index contributed by atoms with van der Waals surface area (Å²) in [6.45, 7) is 2.48. The summed E-state index contributed by atoms with van der Waals surface area (Å²) in [5.74, 6) is 0.470. The number of nitrogens with zero attached hydrogens (tertiary/aromatic N) is 5. The van der Waals surface area contributed by atoms with Gasteiger partial charge in [-0.3, -0.25) is 4.79 Å². The minimum Gasteiger partial charge on any atom is -0.496 e. The number of ether oxygens (including phenoxy) is 3. The molecule has 1 aromatic carbocycles. The molecule has 0 radical (unpaired) electrons. The van der Waals surface area contributed by atoms with E-state index < -0.39 is 0 Å². The molecule has 10 heteroatoms. The Morgan fingerprint density at radius 3 is 2.85 bits per heavy atom. The highest BCUT2D eigenvalue weighted by Gasteiger charge is 2.34. The van der Waals surface area contributed by atoms with Crippen LogP contribution >= 0.6 is 11.6 Å². The first-order chi connectivity index (χ1) is 13.2. The third kappa shape index (κ3) is 3.62. The lowest BCUT2D eigenvalue weighted by Crippen LogP contribution is -2.44. The molecule has 3 heterocycles. The summed E-state index contributed by atoms with van der Waals surface area (Å²) >= 11 is 6.38. The van der Waals surface area contributed by atoms with E-state index in [1.54, 1.807) is 12.1 Å². The summed E-state index contributed by atoms with van der Waals surface area (Å²) in [5.41, 5.74) is 0.951. The number of methoxy groups -OCH3 is 1. The van der Waals surface area contributed by atoms with Gasteiger partial charge in [0, 0.05) is 25.1 Å². The van der Waals surface area contributed by atoms with Gasteiger partial charge in [-0.1, -0.05) is 11.6 Å². The molecule has 2 aliphatic heterocycles. The van der Waals surface area contributed by atoms with Crippen molar-refractivity contribution in [3.8, 4) is 11.4 Å². The predicted octanol–water partition coefficient (Wildman–Crippen LogP) is 1.55. The summed E-state index contributed by atoms with van der Waals surface area (Å²) < 4.78 is 18.1. The van der Waals surface area contributed by atoms with Gasteiger partial charge < -0.3 is 19.1 Å². The largest absolute Gasteiger partial charge is 0.496 e. The number of likely N-dealkylation sites (tertiary alicyclic amines) is 1. The van der Waals surface area contributed by atoms with Gasteiger partial charge in [-0.2, -0.15) is 4.68 Å². The lowest BCUT2D eigenvalue weighted by molar-refractivity contribution is -0.0969. The maximum atomic E-state index is 13.1. The Hall–Kier alpha value is -2.23. The SMILES string of the molecule is COc1cc(-n2cnnn2)c(Cl)cc1C(=O)N1CCCC(C2OCCO2)C1. The Balaban J connectivity index is 1.58. The van der Waals surface area contributed by atoms with Crippen LogP contribution in [-0.2, 0) is 9.47 Å². The zero-order valence-corrected chi connectivity index (χ0v) is 15.6. The molecule has 1 aromatic heterocycles. The quantitative estimate of drug-likeness (QED) is 0.778. The van der Waals surface area contributed by atoms with Gasteiger partial charge >= 0.3 is 0 Å². The minimum atomic E-state index is -0.228. The van der Waals surface area contributed by atoms with Crippen LogP contribution < -0.4 is 4.74 Å². The number of aromatic nitrogens is 4. The molecule has 2 aromatic rings. The second-order valence-corrected chi connectivity index (χ2v) is 6.93. The first-order valence-corrected chi connectivity index (χ1v) is 9.18. The Bertz CT molecular complexity index is 810. The summed E-state index contributed by atoms with van der Waals surface area (Å²) in [5, 5.41) is 11.4. The molecular formula is C17H20ClN5O4. The van der Waals surface area contributed by atoms with Crippen LogP contribution in [0.4, 0.5) is 0 Å². The maximum Gasteiger partial charge on any atom is 0.257 e. The van der Waals surface area contributed by atoms with Crippen molar-refractivity contribution in [1.82, 2.24) is 25.1 Å². The van der Waals surface area contributed by atoms with Crippen molar-refractivity contribution in [1.29, 1.82) is 0 Å². The monoisotopic (exact) mass is 393 g/mol. The van der Waals surface area contributed by atoms with Crippen LogP contribution in [0.25, 0.3) is 5.69 Å². The van der Waals surface area contributed by atoms with Gasteiger partial charge in [-0.05, 0) is 29.3 Å². The average Bonchev–Trinajstić information content (AvgIpc) is 3.41. The standard InChI is InChI=1S/C17H20ClN5O4/c1-25-15-8-14(23-10-19-20-21-23)13(18)7-12(15)16(24)22-4-2-3-11(9-22)17-26-5-6-27-17/h7-8,10-11,17H,2-6,9H2,1H3. The fourth-order valence-electron chi connectivity index (χ4n) is 3.56. The lowest BCUT2D eigenvalue weighted by Gasteiger charge is -2.35. The van der Waals surface area contributed by atoms with Gasteiger partial charge in [0.2, 0.25) is 0 Å². The number of piperidine rings is 1. The van der Waals surface area contributed by atoms with Gasteiger partial charge in [0.1, 0.15) is 12.1 Å². The van der Waals surface area contributed by atoms with Gasteiger partial charge in [0.25, 0.3) is 5.91 Å². The average molecular weight is 394 g/mol. The van der Waals surface area contributed by atoms with Crippen LogP contribution in [0.3, 0.4) is 0 Å². The third-order valence-corrected chi connectivity index (χ3v) is 5.18. The van der Waals surface area contributed by atoms with Crippen molar-refractivity contribution in [3.63, 3.8) is 0 Å². The second kappa shape index (κ2) is 7.79. The van der Waals surface area contributed by atoms with Gasteiger partial charge in [-0.25, -0.2) is 0 Å². The lowest BCUT2D eigenvalue weighted by atomic mass is 9.96. The first-order valence-electron chi connectivity index (χ1n) is 8.80. The van der Waals surface area contributed by atoms with Gasteiger partial charge in [0.05, 0.1) is 36.6 Å². The third-order valence-electron chi connectivity index (χ3n) is 4.87. The Labute approximate surface area is 161 Å². The number of carbonyl (C=O) groups excluding carboxylic acids is 1. The van der Waals surface area contributed by atoms with E-state index in [2.05, 4.69) is 15.5 Å². The number of benzene rings is 1. The summed E-state index contributed by atoms with van der Waals surface area (Å²) in [7, 11) is 1.52. The van der Waals surface area contributed by atoms with Crippen LogP contribution in [0.15, 0.2) is 18.5 Å². The summed E-state index contributed by atoms with van der Waals surface area (Å²) in [4.78, 5) is 15.0. The van der Waals surface area contributed by atoms with E-state index in [0.29, 0.717) is 48.3 Å². The number of tetrazole rings is 1. The van der Waals surface area contributed by atoms with E-state index in [-0.39, 0.29) is 18.1 Å². The van der Waals surface area contributed by atoms with Crippen molar-refractivity contribution < 1.29 is 19.0 Å². The molecule has 1 unspecified atom stereocenters. The van der Waals surface area contributed by atoms with Gasteiger partial charge in [-0.15, -0.1) is 5.10 Å². The van der Waals surface area contributed by atoms with Crippen molar-refractivity contribution in [3.05, 3.63) is 29.0 Å². The van der Waals surface area contributed by atoms with Gasteiger partial charge in [0.15, 0.2) is 6.29 Å². The van der Waals surface area contributed by atoms with Crippen molar-refractivity contribution in [2.24, 2.45) is 5.92 Å². The highest BCUT2D eigenvalue weighted by Crippen LogP contribution is 2.32. The predicted molar refractivity (Wildman–Crippen MR) is 95.0 cm³/mol. The summed E-state index contributed by atoms with van der Waals surface area (Å²) in [6, 6.07) is 3.27. The Morgan fingerprint density at radius 1 is 1.33 bits per heavy atom. The molecule has 144 valence electrons. The number of amides is 1. The Morgan fingerprint density at radius 2 is 2.15 bits per heavy atom. The molecular weight excluding hydrogens is 374 g/mol. The van der Waals surface area contributed by atoms with Crippen molar-refractivity contribution >= 4 is 17.5 Å². The maximum absolute atomic E-state index is 13.1. The zero-order chi connectivity index (χ0) is 18.8. The van der Waals surface area contributed by atoms with Crippen LogP contribution in [0.1, 0.15) is 23.2 Å². The van der Waals surface area contributed by atoms with E-state index >= 15 is 0 Å². The summed E-state index contributed by atoms with van der Waals surface area (Å²) in [6.07, 6.45) is 3.08. The molecule has 0 N–H and O–H groups in total. The topological polar surface area (TPSA) is 91.6 Å². The highest BCUT2D eigenvalue weighted by atomic mass is 35.5. The molecule has 2 aliphatic rings. The zero-order valence-electron chi connectivity index (χ0n) is 14.9. The fraction of sp³-hybridized carbons (Fsp3) is 0.529. The second-order valence-electron chi connectivity index (χ2n) is 6.52. The molecule has 1 amide bonds. The van der Waals surface area contributed by atoms with E-state index in [1.165, 1.54) is 18.1 Å². The van der Waals surface area contributed by atoms with E-state index in [1.807, 2.05) is 4.90 Å². The number of halogens is 1. The number of hydrogen-bond donors (Lipinski definition) is 0. The number of rotatable bonds is 4. The molecule has 4 rings (SSSR count). The van der Waals surface area contributed by atoms with Crippen LogP contribution in [-0.4, -0.2) is 70.7 Å². The van der Waals surface area contributed by atoms with E-state index in [9.17, 15) is 4.79 Å². The highest BCUT2D eigenvalue weighted by molar-refractivity contribution is 6.33. The molecule has 0 spiro atoms. The van der Waals surface area contributed by atoms with E-state index in [4.69, 9.17) is 25.8 Å². The normalized spacial score (nSPS) is 20.8. The number of carbonyl (C=O) groups is 1. The molecule has 27 heavy (non-hydrogen) atoms. The van der Waals surface area contributed by atoms with Crippen LogP contribution in [0.2, 0.25) is 5.02 Å². The first kappa shape index (κ1) is 18.1. The molecule has 0 aliphatic carbocycles. The van der Waals surface area contributed by atoms with Crippen LogP contribution in [0, 0.1) is 5.92 Å². The Kier molecular flexibility index (Phi) is 5.24. The smallest absolute Gasteiger partial charge is 0.257 e. The molecule has 0 saturated carbocycles. The molecule has 2 fully saturated rings. The van der Waals surface area contributed by atoms with Crippen LogP contribution in [0.5, 0.6) is 5.75 Å².